The highest BCUT2D eigenvalue weighted by molar-refractivity contribution is 7.80. The van der Waals surface area contributed by atoms with Gasteiger partial charge in [-0.15, -0.1) is 12.6 Å². The lowest BCUT2D eigenvalue weighted by Gasteiger charge is -2.15. The molecule has 0 radical (unpaired) electrons. The molecule has 1 aromatic carbocycles. The van der Waals surface area contributed by atoms with E-state index in [9.17, 15) is 4.79 Å². The number of rotatable bonds is 4. The molecule has 0 fully saturated rings. The molecule has 0 aromatic heterocycles. The smallest absolute Gasteiger partial charge is 0.253 e. The summed E-state index contributed by atoms with van der Waals surface area (Å²) in [6, 6.07) is 5.33. The Labute approximate surface area is 107 Å². The van der Waals surface area contributed by atoms with Crippen LogP contribution in [0.3, 0.4) is 0 Å². The zero-order valence-corrected chi connectivity index (χ0v) is 11.1. The zero-order valence-electron chi connectivity index (χ0n) is 9.46. The van der Waals surface area contributed by atoms with Crippen LogP contribution in [0.15, 0.2) is 23.1 Å². The summed E-state index contributed by atoms with van der Waals surface area (Å²) in [6.07, 6.45) is 1.83. The minimum absolute atomic E-state index is 0.130. The second-order valence-electron chi connectivity index (χ2n) is 3.65. The Morgan fingerprint density at radius 1 is 1.44 bits per heavy atom. The van der Waals surface area contributed by atoms with Gasteiger partial charge in [0.15, 0.2) is 0 Å². The van der Waals surface area contributed by atoms with Gasteiger partial charge in [-0.05, 0) is 31.0 Å². The summed E-state index contributed by atoms with van der Waals surface area (Å²) in [5.41, 5.74) is 0.487. The van der Waals surface area contributed by atoms with E-state index in [1.165, 1.54) is 0 Å². The van der Waals surface area contributed by atoms with Crippen LogP contribution in [0.4, 0.5) is 0 Å². The van der Waals surface area contributed by atoms with E-state index >= 15 is 0 Å². The zero-order chi connectivity index (χ0) is 12.1. The molecular formula is C12H16ClNOS. The van der Waals surface area contributed by atoms with Gasteiger partial charge >= 0.3 is 0 Å². The quantitative estimate of drug-likeness (QED) is 0.794. The Morgan fingerprint density at radius 3 is 2.62 bits per heavy atom. The molecule has 0 bridgehead atoms. The normalized spacial score (nSPS) is 10.6. The summed E-state index contributed by atoms with van der Waals surface area (Å²) < 4.78 is 0. The largest absolute Gasteiger partial charge is 0.349 e. The third kappa shape index (κ3) is 3.42. The molecular weight excluding hydrogens is 242 g/mol. The average Bonchev–Trinajstić information content (AvgIpc) is 2.28. The van der Waals surface area contributed by atoms with E-state index in [1.54, 1.807) is 18.2 Å². The number of hydrogen-bond acceptors (Lipinski definition) is 2. The Balaban J connectivity index is 2.83. The highest BCUT2D eigenvalue weighted by Gasteiger charge is 2.13. The van der Waals surface area contributed by atoms with Crippen LogP contribution in [0, 0.1) is 0 Å². The van der Waals surface area contributed by atoms with E-state index in [0.717, 1.165) is 17.7 Å². The number of amides is 1. The molecule has 0 atom stereocenters. The van der Waals surface area contributed by atoms with Crippen molar-refractivity contribution in [1.29, 1.82) is 0 Å². The van der Waals surface area contributed by atoms with Crippen molar-refractivity contribution in [2.45, 2.75) is 37.6 Å². The fourth-order valence-corrected chi connectivity index (χ4v) is 1.85. The molecule has 1 rings (SSSR count). The van der Waals surface area contributed by atoms with Gasteiger partial charge in [0.2, 0.25) is 0 Å². The second-order valence-corrected chi connectivity index (χ2v) is 4.57. The van der Waals surface area contributed by atoms with Gasteiger partial charge < -0.3 is 5.32 Å². The molecule has 1 aromatic rings. The van der Waals surface area contributed by atoms with Crippen molar-refractivity contribution in [3.8, 4) is 0 Å². The van der Waals surface area contributed by atoms with Gasteiger partial charge in [0, 0.05) is 10.9 Å². The van der Waals surface area contributed by atoms with Crippen molar-refractivity contribution >= 4 is 30.1 Å². The lowest BCUT2D eigenvalue weighted by Crippen LogP contribution is -2.33. The summed E-state index contributed by atoms with van der Waals surface area (Å²) in [5.74, 6) is -0.130. The Hall–Kier alpha value is -0.670. The maximum absolute atomic E-state index is 11.9. The van der Waals surface area contributed by atoms with Crippen molar-refractivity contribution in [2.24, 2.45) is 0 Å². The van der Waals surface area contributed by atoms with Crippen molar-refractivity contribution in [1.82, 2.24) is 5.32 Å². The minimum atomic E-state index is -0.130. The number of halogens is 1. The van der Waals surface area contributed by atoms with Crippen molar-refractivity contribution in [2.75, 3.05) is 0 Å². The van der Waals surface area contributed by atoms with Gasteiger partial charge in [0.1, 0.15) is 0 Å². The van der Waals surface area contributed by atoms with Gasteiger partial charge in [-0.2, -0.15) is 0 Å². The number of thiol groups is 1. The van der Waals surface area contributed by atoms with Crippen molar-refractivity contribution < 1.29 is 4.79 Å². The molecule has 0 aliphatic carbocycles. The first-order chi connectivity index (χ1) is 7.58. The summed E-state index contributed by atoms with van der Waals surface area (Å²) in [4.78, 5) is 12.7. The SMILES string of the molecule is CCC(CC)NC(=O)c1cc(S)ccc1Cl. The molecule has 1 amide bonds. The van der Waals surface area contributed by atoms with Crippen LogP contribution in [-0.4, -0.2) is 11.9 Å². The van der Waals surface area contributed by atoms with Gasteiger partial charge in [-0.1, -0.05) is 25.4 Å². The molecule has 88 valence electrons. The molecule has 0 aliphatic rings. The standard InChI is InChI=1S/C12H16ClNOS/c1-3-8(4-2)14-12(15)10-7-9(16)5-6-11(10)13/h5-8,16H,3-4H2,1-2H3,(H,14,15). The molecule has 2 nitrogen and oxygen atoms in total. The Bertz CT molecular complexity index is 377. The fourth-order valence-electron chi connectivity index (χ4n) is 1.44. The fraction of sp³-hybridized carbons (Fsp3) is 0.417. The van der Waals surface area contributed by atoms with Crippen LogP contribution in [0.1, 0.15) is 37.0 Å². The number of carbonyl (C=O) groups is 1. The maximum atomic E-state index is 11.9. The predicted molar refractivity (Wildman–Crippen MR) is 70.5 cm³/mol. The van der Waals surface area contributed by atoms with Crippen LogP contribution in [0.2, 0.25) is 5.02 Å². The summed E-state index contributed by atoms with van der Waals surface area (Å²) in [6.45, 7) is 4.09. The van der Waals surface area contributed by atoms with Gasteiger partial charge in [-0.25, -0.2) is 0 Å². The maximum Gasteiger partial charge on any atom is 0.253 e. The Morgan fingerprint density at radius 2 is 2.06 bits per heavy atom. The predicted octanol–water partition coefficient (Wildman–Crippen LogP) is 3.55. The molecule has 16 heavy (non-hydrogen) atoms. The summed E-state index contributed by atoms with van der Waals surface area (Å²) in [7, 11) is 0. The molecule has 0 saturated heterocycles. The number of benzene rings is 1. The highest BCUT2D eigenvalue weighted by atomic mass is 35.5. The second kappa shape index (κ2) is 6.16. The molecule has 0 spiro atoms. The first kappa shape index (κ1) is 13.4. The number of carbonyl (C=O) groups excluding carboxylic acids is 1. The van der Waals surface area contributed by atoms with Crippen LogP contribution in [0.5, 0.6) is 0 Å². The lowest BCUT2D eigenvalue weighted by molar-refractivity contribution is 0.0935. The molecule has 0 heterocycles. The molecule has 0 saturated carbocycles. The molecule has 0 unspecified atom stereocenters. The van der Waals surface area contributed by atoms with Gasteiger partial charge in [0.05, 0.1) is 10.6 Å². The van der Waals surface area contributed by atoms with E-state index in [1.807, 2.05) is 13.8 Å². The third-order valence-electron chi connectivity index (χ3n) is 2.52. The molecule has 0 aliphatic heterocycles. The number of hydrogen-bond donors (Lipinski definition) is 2. The topological polar surface area (TPSA) is 29.1 Å². The van der Waals surface area contributed by atoms with Gasteiger partial charge in [0.25, 0.3) is 5.91 Å². The summed E-state index contributed by atoms with van der Waals surface area (Å²) >= 11 is 10.2. The van der Waals surface area contributed by atoms with E-state index in [2.05, 4.69) is 17.9 Å². The van der Waals surface area contributed by atoms with Crippen molar-refractivity contribution in [3.63, 3.8) is 0 Å². The van der Waals surface area contributed by atoms with Gasteiger partial charge in [-0.3, -0.25) is 4.79 Å². The van der Waals surface area contributed by atoms with Crippen molar-refractivity contribution in [3.05, 3.63) is 28.8 Å². The van der Waals surface area contributed by atoms with Crippen LogP contribution < -0.4 is 5.32 Å². The summed E-state index contributed by atoms with van der Waals surface area (Å²) in [5, 5.41) is 3.40. The highest BCUT2D eigenvalue weighted by Crippen LogP contribution is 2.19. The first-order valence-corrected chi connectivity index (χ1v) is 6.20. The Kier molecular flexibility index (Phi) is 5.16. The number of nitrogens with one attached hydrogen (secondary N) is 1. The van der Waals surface area contributed by atoms with Crippen LogP contribution >= 0.6 is 24.2 Å². The average molecular weight is 258 g/mol. The minimum Gasteiger partial charge on any atom is -0.349 e. The van der Waals surface area contributed by atoms with E-state index in [-0.39, 0.29) is 11.9 Å². The monoisotopic (exact) mass is 257 g/mol. The third-order valence-corrected chi connectivity index (χ3v) is 3.12. The molecule has 4 heteroatoms. The van der Waals surface area contributed by atoms with Crippen LogP contribution in [-0.2, 0) is 0 Å². The van der Waals surface area contributed by atoms with E-state index in [4.69, 9.17) is 11.6 Å². The van der Waals surface area contributed by atoms with Crippen LogP contribution in [0.25, 0.3) is 0 Å². The van der Waals surface area contributed by atoms with E-state index in [0.29, 0.717) is 10.6 Å². The molecule has 1 N–H and O–H groups in total. The lowest BCUT2D eigenvalue weighted by atomic mass is 10.1. The first-order valence-electron chi connectivity index (χ1n) is 5.37. The van der Waals surface area contributed by atoms with E-state index < -0.39 is 0 Å².